The molecule has 110 valence electrons. The second-order valence-electron chi connectivity index (χ2n) is 5.14. The number of fused-ring (bicyclic) bond motifs is 1. The molecule has 8 heteroatoms. The van der Waals surface area contributed by atoms with Crippen molar-refractivity contribution in [1.29, 1.82) is 0 Å². The van der Waals surface area contributed by atoms with E-state index in [0.29, 0.717) is 12.1 Å². The summed E-state index contributed by atoms with van der Waals surface area (Å²) in [7, 11) is 0. The molecule has 1 saturated heterocycles. The van der Waals surface area contributed by atoms with E-state index in [4.69, 9.17) is 0 Å². The third-order valence-corrected chi connectivity index (χ3v) is 3.91. The molecule has 0 radical (unpaired) electrons. The number of nitrogens with one attached hydrogen (secondary N) is 3. The Labute approximate surface area is 126 Å². The van der Waals surface area contributed by atoms with Gasteiger partial charge in [0.2, 0.25) is 0 Å². The zero-order valence-electron chi connectivity index (χ0n) is 11.0. The summed E-state index contributed by atoms with van der Waals surface area (Å²) in [6.45, 7) is 0.631. The standard InChI is InChI=1S/C13H14N4O3S/c18-10-9-4-2-1-3-8(9)5-17(10)7-13(6-14-21)11(19)15-12(20)16-13/h1-4,14,21H,5-7H2,(H2,15,16,19,20). The van der Waals surface area contributed by atoms with Gasteiger partial charge in [0.15, 0.2) is 5.54 Å². The van der Waals surface area contributed by atoms with Crippen LogP contribution in [0, 0.1) is 0 Å². The number of benzene rings is 1. The number of amides is 4. The zero-order chi connectivity index (χ0) is 15.0. The van der Waals surface area contributed by atoms with Gasteiger partial charge in [0.1, 0.15) is 0 Å². The number of hydrogen-bond acceptors (Lipinski definition) is 5. The van der Waals surface area contributed by atoms with Gasteiger partial charge in [0, 0.05) is 18.7 Å². The molecule has 7 nitrogen and oxygen atoms in total. The average molecular weight is 306 g/mol. The first-order valence-corrected chi connectivity index (χ1v) is 6.88. The Hall–Kier alpha value is -2.06. The van der Waals surface area contributed by atoms with Gasteiger partial charge in [-0.25, -0.2) is 4.79 Å². The highest BCUT2D eigenvalue weighted by atomic mass is 32.1. The van der Waals surface area contributed by atoms with Crippen LogP contribution in [0.3, 0.4) is 0 Å². The molecule has 3 N–H and O–H groups in total. The molecular weight excluding hydrogens is 292 g/mol. The minimum Gasteiger partial charge on any atom is -0.331 e. The van der Waals surface area contributed by atoms with Crippen LogP contribution < -0.4 is 15.4 Å². The smallest absolute Gasteiger partial charge is 0.322 e. The number of carbonyl (C=O) groups excluding carboxylic acids is 3. The summed E-state index contributed by atoms with van der Waals surface area (Å²) in [6, 6.07) is 6.74. The van der Waals surface area contributed by atoms with Gasteiger partial charge in [0.25, 0.3) is 11.8 Å². The van der Waals surface area contributed by atoms with E-state index < -0.39 is 17.5 Å². The Kier molecular flexibility index (Phi) is 3.34. The largest absolute Gasteiger partial charge is 0.331 e. The Morgan fingerprint density at radius 3 is 2.67 bits per heavy atom. The quantitative estimate of drug-likeness (QED) is 0.452. The molecule has 1 unspecified atom stereocenters. The predicted molar refractivity (Wildman–Crippen MR) is 77.6 cm³/mol. The van der Waals surface area contributed by atoms with Gasteiger partial charge in [-0.1, -0.05) is 31.0 Å². The van der Waals surface area contributed by atoms with E-state index in [1.807, 2.05) is 12.1 Å². The van der Waals surface area contributed by atoms with Crippen LogP contribution in [0.4, 0.5) is 4.79 Å². The number of carbonyl (C=O) groups is 3. The maximum atomic E-state index is 12.4. The second kappa shape index (κ2) is 5.05. The van der Waals surface area contributed by atoms with Gasteiger partial charge < -0.3 is 10.2 Å². The number of hydrogen-bond donors (Lipinski definition) is 4. The third kappa shape index (κ3) is 2.26. The number of imide groups is 1. The topological polar surface area (TPSA) is 90.5 Å². The zero-order valence-corrected chi connectivity index (χ0v) is 11.9. The SMILES string of the molecule is O=C1NC(=O)C(CNS)(CN2Cc3ccccc3C2=O)N1. The van der Waals surface area contributed by atoms with Crippen LogP contribution in [0.1, 0.15) is 15.9 Å². The van der Waals surface area contributed by atoms with Crippen LogP contribution in [0.2, 0.25) is 0 Å². The molecule has 21 heavy (non-hydrogen) atoms. The van der Waals surface area contributed by atoms with Crippen LogP contribution in [-0.4, -0.2) is 41.4 Å². The molecule has 2 heterocycles. The number of nitrogens with zero attached hydrogens (tertiary/aromatic N) is 1. The minimum atomic E-state index is -1.20. The third-order valence-electron chi connectivity index (χ3n) is 3.75. The lowest BCUT2D eigenvalue weighted by Crippen LogP contribution is -2.59. The maximum absolute atomic E-state index is 12.4. The van der Waals surface area contributed by atoms with Gasteiger partial charge in [-0.3, -0.25) is 19.6 Å². The Balaban J connectivity index is 1.84. The van der Waals surface area contributed by atoms with Crippen molar-refractivity contribution >= 4 is 30.7 Å². The van der Waals surface area contributed by atoms with E-state index >= 15 is 0 Å². The lowest BCUT2D eigenvalue weighted by atomic mass is 9.99. The summed E-state index contributed by atoms with van der Waals surface area (Å²) < 4.78 is 2.59. The lowest BCUT2D eigenvalue weighted by molar-refractivity contribution is -0.124. The summed E-state index contributed by atoms with van der Waals surface area (Å²) in [5, 5.41) is 4.79. The molecule has 1 aromatic rings. The van der Waals surface area contributed by atoms with E-state index in [1.165, 1.54) is 0 Å². The van der Waals surface area contributed by atoms with Crippen LogP contribution in [0.15, 0.2) is 24.3 Å². The van der Waals surface area contributed by atoms with Gasteiger partial charge in [-0.2, -0.15) is 0 Å². The fourth-order valence-electron chi connectivity index (χ4n) is 2.72. The van der Waals surface area contributed by atoms with Crippen molar-refractivity contribution in [2.24, 2.45) is 0 Å². The Morgan fingerprint density at radius 2 is 2.05 bits per heavy atom. The van der Waals surface area contributed by atoms with Crippen LogP contribution in [0.25, 0.3) is 0 Å². The highest BCUT2D eigenvalue weighted by molar-refractivity contribution is 7.78. The van der Waals surface area contributed by atoms with Gasteiger partial charge in [0.05, 0.1) is 6.54 Å². The highest BCUT2D eigenvalue weighted by Gasteiger charge is 2.48. The monoisotopic (exact) mass is 306 g/mol. The van der Waals surface area contributed by atoms with Crippen LogP contribution in [-0.2, 0) is 11.3 Å². The van der Waals surface area contributed by atoms with E-state index in [2.05, 4.69) is 28.2 Å². The molecule has 0 spiro atoms. The van der Waals surface area contributed by atoms with Crippen molar-refractivity contribution in [1.82, 2.24) is 20.3 Å². The predicted octanol–water partition coefficient (Wildman–Crippen LogP) is -0.345. The molecule has 2 aliphatic rings. The Morgan fingerprint density at radius 1 is 1.29 bits per heavy atom. The van der Waals surface area contributed by atoms with Gasteiger partial charge in [-0.15, -0.1) is 0 Å². The summed E-state index contributed by atoms with van der Waals surface area (Å²) in [6.07, 6.45) is 0. The van der Waals surface area contributed by atoms with Crippen LogP contribution in [0.5, 0.6) is 0 Å². The van der Waals surface area contributed by atoms with Crippen molar-refractivity contribution in [3.8, 4) is 0 Å². The van der Waals surface area contributed by atoms with Crippen molar-refractivity contribution < 1.29 is 14.4 Å². The van der Waals surface area contributed by atoms with Gasteiger partial charge >= 0.3 is 6.03 Å². The van der Waals surface area contributed by atoms with Crippen molar-refractivity contribution in [2.75, 3.05) is 13.1 Å². The number of urea groups is 1. The van der Waals surface area contributed by atoms with Gasteiger partial charge in [-0.05, 0) is 11.6 Å². The molecule has 1 aromatic carbocycles. The number of thiol groups is 1. The van der Waals surface area contributed by atoms with E-state index in [0.717, 1.165) is 5.56 Å². The first kappa shape index (κ1) is 13.9. The molecule has 0 aromatic heterocycles. The fourth-order valence-corrected chi connectivity index (χ4v) is 2.99. The number of rotatable bonds is 4. The molecule has 0 aliphatic carbocycles. The Bertz CT molecular complexity index is 636. The minimum absolute atomic E-state index is 0.0889. The lowest BCUT2D eigenvalue weighted by Gasteiger charge is -2.30. The van der Waals surface area contributed by atoms with Crippen molar-refractivity contribution in [2.45, 2.75) is 12.1 Å². The van der Waals surface area contributed by atoms with E-state index in [1.54, 1.807) is 17.0 Å². The highest BCUT2D eigenvalue weighted by Crippen LogP contribution is 2.25. The van der Waals surface area contributed by atoms with Crippen molar-refractivity contribution in [3.63, 3.8) is 0 Å². The van der Waals surface area contributed by atoms with E-state index in [-0.39, 0.29) is 19.0 Å². The first-order valence-electron chi connectivity index (χ1n) is 6.43. The molecule has 0 bridgehead atoms. The molecule has 1 fully saturated rings. The molecule has 2 aliphatic heterocycles. The summed E-state index contributed by atoms with van der Waals surface area (Å²) >= 11 is 3.90. The van der Waals surface area contributed by atoms with Crippen LogP contribution >= 0.6 is 12.8 Å². The van der Waals surface area contributed by atoms with E-state index in [9.17, 15) is 14.4 Å². The molecule has 0 saturated carbocycles. The maximum Gasteiger partial charge on any atom is 0.322 e. The molecular formula is C13H14N4O3S. The molecule has 3 rings (SSSR count). The molecule has 1 atom stereocenters. The van der Waals surface area contributed by atoms with Crippen molar-refractivity contribution in [3.05, 3.63) is 35.4 Å². The average Bonchev–Trinajstić information content (AvgIpc) is 2.89. The first-order chi connectivity index (χ1) is 10.1. The summed E-state index contributed by atoms with van der Waals surface area (Å²) in [4.78, 5) is 37.4. The normalized spacial score (nSPS) is 24.0. The summed E-state index contributed by atoms with van der Waals surface area (Å²) in [5.41, 5.74) is 0.355. The fraction of sp³-hybridized carbons (Fsp3) is 0.308. The molecule has 4 amide bonds. The summed E-state index contributed by atoms with van der Waals surface area (Å²) in [5.74, 6) is -0.601. The second-order valence-corrected chi connectivity index (χ2v) is 5.46.